The molecule has 0 spiro atoms. The third kappa shape index (κ3) is 8.18. The Morgan fingerprint density at radius 2 is 1.50 bits per heavy atom. The molecule has 1 nitrogen and oxygen atoms in total. The minimum Gasteiger partial charge on any atom is -0.496 e. The molecule has 36 heavy (non-hydrogen) atoms. The van der Waals surface area contributed by atoms with E-state index < -0.39 is 18.0 Å². The van der Waals surface area contributed by atoms with Crippen LogP contribution in [0.4, 0.5) is 0 Å². The van der Waals surface area contributed by atoms with Gasteiger partial charge in [0.15, 0.2) is 0 Å². The number of rotatable bonds is 2. The maximum atomic E-state index is 5.80. The van der Waals surface area contributed by atoms with Gasteiger partial charge in [-0.1, -0.05) is 68.3 Å². The molecule has 0 radical (unpaired) electrons. The smallest absolute Gasteiger partial charge is 0.0896 e. The molecule has 0 amide bonds. The maximum absolute atomic E-state index is 5.80. The number of furan rings is 1. The van der Waals surface area contributed by atoms with Gasteiger partial charge in [-0.25, -0.2) is 12.1 Å². The molecule has 0 atom stereocenters. The van der Waals surface area contributed by atoms with Crippen molar-refractivity contribution in [2.45, 2.75) is 46.2 Å². The van der Waals surface area contributed by atoms with Crippen molar-refractivity contribution in [3.63, 3.8) is 0 Å². The van der Waals surface area contributed by atoms with E-state index in [1.165, 1.54) is 27.5 Å². The van der Waals surface area contributed by atoms with Crippen molar-refractivity contribution < 1.29 is 22.4 Å². The monoisotopic (exact) mass is 610 g/mol. The largest absolute Gasteiger partial charge is 0.496 e. The summed E-state index contributed by atoms with van der Waals surface area (Å²) < 4.78 is 5.80. The molecule has 1 heterocycles. The fraction of sp³-hybridized carbons (Fsp3) is 0.226. The van der Waals surface area contributed by atoms with Gasteiger partial charge >= 0.3 is 53.5 Å². The second-order valence-corrected chi connectivity index (χ2v) is 33.0. The summed E-state index contributed by atoms with van der Waals surface area (Å²) in [5.41, 5.74) is 4.98. The Bertz CT molecular complexity index is 1370. The van der Waals surface area contributed by atoms with Crippen LogP contribution in [0.2, 0.25) is 13.1 Å². The van der Waals surface area contributed by atoms with Crippen molar-refractivity contribution in [2.75, 3.05) is 0 Å². The van der Waals surface area contributed by atoms with E-state index in [1.54, 1.807) is 0 Å². The van der Waals surface area contributed by atoms with Crippen LogP contribution in [0.3, 0.4) is 0 Å². The number of hydrogen-bond donors (Lipinski definition) is 0. The number of aryl methyl sites for hydroxylation is 1. The topological polar surface area (TPSA) is 13.1 Å². The van der Waals surface area contributed by atoms with Gasteiger partial charge in [-0.05, 0) is 35.6 Å². The van der Waals surface area contributed by atoms with Gasteiger partial charge in [0, 0.05) is 0 Å². The predicted octanol–water partition coefficient (Wildman–Crippen LogP) is 10.7. The molecule has 0 bridgehead atoms. The summed E-state index contributed by atoms with van der Waals surface area (Å²) in [7, 11) is 11.2. The molecule has 188 valence electrons. The van der Waals surface area contributed by atoms with Crippen LogP contribution in [-0.4, -0.2) is 5.43 Å². The van der Waals surface area contributed by atoms with Gasteiger partial charge in [-0.2, -0.15) is 18.2 Å². The molecule has 0 saturated heterocycles. The Balaban J connectivity index is 0.000000273. The van der Waals surface area contributed by atoms with Crippen LogP contribution >= 0.6 is 17.0 Å². The summed E-state index contributed by atoms with van der Waals surface area (Å²) in [5, 5.41) is 2.52. The summed E-state index contributed by atoms with van der Waals surface area (Å²) in [6, 6.07) is 34.0. The molecule has 5 heteroatoms. The second-order valence-electron chi connectivity index (χ2n) is 10.0. The van der Waals surface area contributed by atoms with E-state index in [-0.39, 0.29) is 10.8 Å². The van der Waals surface area contributed by atoms with Gasteiger partial charge in [0.25, 0.3) is 0 Å². The fourth-order valence-electron chi connectivity index (χ4n) is 3.69. The fourth-order valence-corrected chi connectivity index (χ4v) is 3.69. The predicted molar refractivity (Wildman–Crippen MR) is 157 cm³/mol. The van der Waals surface area contributed by atoms with Gasteiger partial charge in [0.1, 0.15) is 0 Å². The third-order valence-electron chi connectivity index (χ3n) is 5.77. The van der Waals surface area contributed by atoms with Gasteiger partial charge in [0.2, 0.25) is 0 Å². The van der Waals surface area contributed by atoms with Crippen LogP contribution in [0.1, 0.15) is 32.1 Å². The van der Waals surface area contributed by atoms with E-state index in [0.29, 0.717) is 0 Å². The van der Waals surface area contributed by atoms with Gasteiger partial charge < -0.3 is 4.42 Å². The summed E-state index contributed by atoms with van der Waals surface area (Å²) in [5.74, 6) is 1.88. The standard InChI is InChI=1S/C24H23O.C5H5.C2H6Si.2ClH.Zr/c1-16-8-13-23(25-16)19-14-18-6-5-7-21(22(18)15-19)17-9-11-20(12-10-17)24(2,3)4;1-2-4-5-3-1;1-3-2;;;/h5-15H,1-4H3;1-5H;1-2H3;2*1H;/q2*-1;;;;+2/p-2. The SMILES string of the molecule is C[Si](C)=[Zr]([Cl])[Cl].Cc1ccc(-c2cc3c(-c4ccc(C(C)(C)C)cc4)cccc3[cH-]2)o1.c1cc[cH-]c1. The Kier molecular flexibility index (Phi) is 10.6. The van der Waals surface area contributed by atoms with Gasteiger partial charge in [-0.15, -0.1) is 29.0 Å². The molecule has 1 aromatic heterocycles. The first-order valence-electron chi connectivity index (χ1n) is 12.1. The Hall–Kier alpha value is -1.64. The average Bonchev–Trinajstić information content (AvgIpc) is 3.61. The zero-order valence-corrected chi connectivity index (χ0v) is 26.9. The number of benzene rings is 2. The summed E-state index contributed by atoms with van der Waals surface area (Å²) in [4.78, 5) is 0. The molecular formula is C31H34Cl2OSiZr-2. The van der Waals surface area contributed by atoms with Crippen LogP contribution in [0.5, 0.6) is 0 Å². The van der Waals surface area contributed by atoms with Crippen LogP contribution < -0.4 is 0 Å². The molecule has 0 aliphatic heterocycles. The van der Waals surface area contributed by atoms with Crippen molar-refractivity contribution in [1.29, 1.82) is 0 Å². The minimum absolute atomic E-state index is 0.176. The minimum atomic E-state index is -1.65. The Morgan fingerprint density at radius 3 is 1.97 bits per heavy atom. The van der Waals surface area contributed by atoms with Crippen LogP contribution in [-0.2, 0) is 23.4 Å². The summed E-state index contributed by atoms with van der Waals surface area (Å²) >= 11 is -1.65. The molecule has 5 rings (SSSR count). The normalized spacial score (nSPS) is 10.8. The van der Waals surface area contributed by atoms with Crippen molar-refractivity contribution in [2.24, 2.45) is 0 Å². The number of halogens is 2. The maximum Gasteiger partial charge on any atom is 0.0896 e. The number of fused-ring (bicyclic) bond motifs is 1. The molecule has 0 fully saturated rings. The Morgan fingerprint density at radius 1 is 0.861 bits per heavy atom. The van der Waals surface area contributed by atoms with Crippen molar-refractivity contribution >= 4 is 33.2 Å². The molecule has 4 aromatic carbocycles. The van der Waals surface area contributed by atoms with E-state index in [2.05, 4.69) is 88.5 Å². The number of hydrogen-bond acceptors (Lipinski definition) is 1. The second kappa shape index (κ2) is 13.2. The zero-order chi connectivity index (χ0) is 26.3. The first-order valence-corrected chi connectivity index (χ1v) is 24.6. The van der Waals surface area contributed by atoms with E-state index in [4.69, 9.17) is 21.4 Å². The van der Waals surface area contributed by atoms with E-state index in [1.807, 2.05) is 49.4 Å². The molecule has 0 saturated carbocycles. The third-order valence-corrected chi connectivity index (χ3v) is 25.5. The van der Waals surface area contributed by atoms with Crippen LogP contribution in [0.15, 0.2) is 101 Å². The van der Waals surface area contributed by atoms with Crippen molar-refractivity contribution in [1.82, 2.24) is 0 Å². The first-order chi connectivity index (χ1) is 17.1. The van der Waals surface area contributed by atoms with E-state index in [0.717, 1.165) is 17.1 Å². The molecule has 0 aliphatic rings. The molecule has 5 aromatic rings. The van der Waals surface area contributed by atoms with E-state index in [9.17, 15) is 0 Å². The van der Waals surface area contributed by atoms with Gasteiger partial charge in [0.05, 0.1) is 11.5 Å². The Labute approximate surface area is 231 Å². The molecular weight excluding hydrogens is 579 g/mol. The average molecular weight is 613 g/mol. The van der Waals surface area contributed by atoms with E-state index >= 15 is 0 Å². The first kappa shape index (κ1) is 28.9. The van der Waals surface area contributed by atoms with Crippen molar-refractivity contribution in [3.05, 3.63) is 108 Å². The van der Waals surface area contributed by atoms with Gasteiger partial charge in [-0.3, -0.25) is 0 Å². The summed E-state index contributed by atoms with van der Waals surface area (Å²) in [6.07, 6.45) is 0. The summed E-state index contributed by atoms with van der Waals surface area (Å²) in [6.45, 7) is 13.1. The zero-order valence-electron chi connectivity index (χ0n) is 21.9. The molecule has 0 N–H and O–H groups in total. The van der Waals surface area contributed by atoms with Crippen LogP contribution in [0.25, 0.3) is 33.2 Å². The molecule has 0 aliphatic carbocycles. The van der Waals surface area contributed by atoms with Crippen molar-refractivity contribution in [3.8, 4) is 22.5 Å². The molecule has 0 unspecified atom stereocenters. The van der Waals surface area contributed by atoms with Crippen LogP contribution in [0, 0.1) is 6.92 Å². The quantitative estimate of drug-likeness (QED) is 0.143.